The SMILES string of the molecule is CC1CCC(C(=O)N2CCC(C(O)c3ccc(Cl)cc3)CC2)O1. The third kappa shape index (κ3) is 3.87. The predicted octanol–water partition coefficient (Wildman–Crippen LogP) is 3.18. The average Bonchev–Trinajstić information content (AvgIpc) is 3.01. The number of hydrogen-bond donors (Lipinski definition) is 1. The normalized spacial score (nSPS) is 27.2. The number of carbonyl (C=O) groups excluding carboxylic acids is 1. The Balaban J connectivity index is 1.53. The lowest BCUT2D eigenvalue weighted by Gasteiger charge is -2.35. The van der Waals surface area contributed by atoms with E-state index in [1.807, 2.05) is 24.0 Å². The number of ether oxygens (including phenoxy) is 1. The van der Waals surface area contributed by atoms with Crippen LogP contribution in [0.2, 0.25) is 5.02 Å². The van der Waals surface area contributed by atoms with E-state index in [1.165, 1.54) is 0 Å². The standard InChI is InChI=1S/C18H24ClNO3/c1-12-2-7-16(23-12)18(22)20-10-8-14(9-11-20)17(21)13-3-5-15(19)6-4-13/h3-6,12,14,16-17,21H,2,7-11H2,1H3. The highest BCUT2D eigenvalue weighted by Crippen LogP contribution is 2.32. The molecule has 0 aliphatic carbocycles. The minimum Gasteiger partial charge on any atom is -0.388 e. The van der Waals surface area contributed by atoms with Crippen LogP contribution in [0.15, 0.2) is 24.3 Å². The fourth-order valence-electron chi connectivity index (χ4n) is 3.56. The lowest BCUT2D eigenvalue weighted by Crippen LogP contribution is -2.44. The van der Waals surface area contributed by atoms with Gasteiger partial charge in [0.2, 0.25) is 0 Å². The summed E-state index contributed by atoms with van der Waals surface area (Å²) in [5.41, 5.74) is 0.895. The van der Waals surface area contributed by atoms with Gasteiger partial charge in [0.05, 0.1) is 12.2 Å². The van der Waals surface area contributed by atoms with Gasteiger partial charge in [-0.25, -0.2) is 0 Å². The highest BCUT2D eigenvalue weighted by atomic mass is 35.5. The topological polar surface area (TPSA) is 49.8 Å². The first-order valence-electron chi connectivity index (χ1n) is 8.42. The number of hydrogen-bond acceptors (Lipinski definition) is 3. The molecule has 2 aliphatic heterocycles. The zero-order chi connectivity index (χ0) is 16.4. The molecule has 3 atom stereocenters. The number of amides is 1. The van der Waals surface area contributed by atoms with E-state index in [0.717, 1.165) is 31.2 Å². The first-order valence-corrected chi connectivity index (χ1v) is 8.80. The summed E-state index contributed by atoms with van der Waals surface area (Å²) in [6.45, 7) is 3.41. The molecule has 126 valence electrons. The van der Waals surface area contributed by atoms with Crippen LogP contribution >= 0.6 is 11.6 Å². The summed E-state index contributed by atoms with van der Waals surface area (Å²) < 4.78 is 5.68. The maximum absolute atomic E-state index is 12.5. The Labute approximate surface area is 142 Å². The van der Waals surface area contributed by atoms with Crippen molar-refractivity contribution in [2.45, 2.75) is 50.9 Å². The molecular formula is C18H24ClNO3. The summed E-state index contributed by atoms with van der Waals surface area (Å²) in [4.78, 5) is 14.4. The molecule has 0 aromatic heterocycles. The van der Waals surface area contributed by atoms with Crippen LogP contribution < -0.4 is 0 Å². The molecule has 0 bridgehead atoms. The summed E-state index contributed by atoms with van der Waals surface area (Å²) >= 11 is 5.89. The van der Waals surface area contributed by atoms with Gasteiger partial charge in [0.15, 0.2) is 0 Å². The zero-order valence-corrected chi connectivity index (χ0v) is 14.2. The molecule has 0 saturated carbocycles. The van der Waals surface area contributed by atoms with Crippen molar-refractivity contribution in [2.75, 3.05) is 13.1 Å². The van der Waals surface area contributed by atoms with Crippen LogP contribution in [0, 0.1) is 5.92 Å². The Morgan fingerprint density at radius 2 is 1.87 bits per heavy atom. The third-order valence-corrected chi connectivity index (χ3v) is 5.27. The molecule has 1 aromatic rings. The van der Waals surface area contributed by atoms with E-state index in [2.05, 4.69) is 0 Å². The van der Waals surface area contributed by atoms with Crippen molar-refractivity contribution in [1.82, 2.24) is 4.90 Å². The van der Waals surface area contributed by atoms with Crippen molar-refractivity contribution in [1.29, 1.82) is 0 Å². The number of piperidine rings is 1. The number of aliphatic hydroxyl groups is 1. The molecule has 2 saturated heterocycles. The quantitative estimate of drug-likeness (QED) is 0.921. The smallest absolute Gasteiger partial charge is 0.251 e. The van der Waals surface area contributed by atoms with Gasteiger partial charge in [-0.3, -0.25) is 4.79 Å². The van der Waals surface area contributed by atoms with Gasteiger partial charge in [-0.15, -0.1) is 0 Å². The summed E-state index contributed by atoms with van der Waals surface area (Å²) in [5.74, 6) is 0.303. The molecule has 3 unspecified atom stereocenters. The molecule has 1 amide bonds. The summed E-state index contributed by atoms with van der Waals surface area (Å²) in [7, 11) is 0. The maximum Gasteiger partial charge on any atom is 0.251 e. The number of nitrogens with zero attached hydrogens (tertiary/aromatic N) is 1. The van der Waals surface area contributed by atoms with Crippen molar-refractivity contribution in [2.24, 2.45) is 5.92 Å². The van der Waals surface area contributed by atoms with Crippen LogP contribution in [-0.4, -0.2) is 41.2 Å². The number of carbonyl (C=O) groups is 1. The zero-order valence-electron chi connectivity index (χ0n) is 13.5. The van der Waals surface area contributed by atoms with Gasteiger partial charge in [-0.2, -0.15) is 0 Å². The van der Waals surface area contributed by atoms with Crippen LogP contribution in [0.4, 0.5) is 0 Å². The Morgan fingerprint density at radius 1 is 1.22 bits per heavy atom. The highest BCUT2D eigenvalue weighted by Gasteiger charge is 2.34. The van der Waals surface area contributed by atoms with Gasteiger partial charge in [0.25, 0.3) is 5.91 Å². The number of rotatable bonds is 3. The predicted molar refractivity (Wildman–Crippen MR) is 89.3 cm³/mol. The summed E-state index contributed by atoms with van der Waals surface area (Å²) in [6.07, 6.45) is 2.86. The first kappa shape index (κ1) is 16.7. The molecule has 2 heterocycles. The summed E-state index contributed by atoms with van der Waals surface area (Å²) in [5, 5.41) is 11.2. The van der Waals surface area contributed by atoms with Crippen LogP contribution in [0.3, 0.4) is 0 Å². The molecule has 0 radical (unpaired) electrons. The van der Waals surface area contributed by atoms with Crippen molar-refractivity contribution in [3.05, 3.63) is 34.9 Å². The number of likely N-dealkylation sites (tertiary alicyclic amines) is 1. The second kappa shape index (κ2) is 7.20. The van der Waals surface area contributed by atoms with E-state index < -0.39 is 6.10 Å². The molecule has 2 aliphatic rings. The molecule has 1 N–H and O–H groups in total. The van der Waals surface area contributed by atoms with E-state index in [4.69, 9.17) is 16.3 Å². The monoisotopic (exact) mass is 337 g/mol. The van der Waals surface area contributed by atoms with Gasteiger partial charge >= 0.3 is 0 Å². The molecule has 2 fully saturated rings. The van der Waals surface area contributed by atoms with Crippen molar-refractivity contribution in [3.8, 4) is 0 Å². The van der Waals surface area contributed by atoms with E-state index in [-0.39, 0.29) is 24.0 Å². The molecule has 0 spiro atoms. The fourth-order valence-corrected chi connectivity index (χ4v) is 3.68. The fraction of sp³-hybridized carbons (Fsp3) is 0.611. The first-order chi connectivity index (χ1) is 11.0. The van der Waals surface area contributed by atoms with E-state index in [9.17, 15) is 9.90 Å². The van der Waals surface area contributed by atoms with Gasteiger partial charge in [-0.05, 0) is 56.2 Å². The summed E-state index contributed by atoms with van der Waals surface area (Å²) in [6, 6.07) is 7.35. The number of halogens is 1. The molecular weight excluding hydrogens is 314 g/mol. The Kier molecular flexibility index (Phi) is 5.24. The Hall–Kier alpha value is -1.10. The largest absolute Gasteiger partial charge is 0.388 e. The van der Waals surface area contributed by atoms with Crippen LogP contribution in [0.5, 0.6) is 0 Å². The van der Waals surface area contributed by atoms with Gasteiger partial charge in [-0.1, -0.05) is 23.7 Å². The number of aliphatic hydroxyl groups excluding tert-OH is 1. The molecule has 23 heavy (non-hydrogen) atoms. The van der Waals surface area contributed by atoms with E-state index in [0.29, 0.717) is 18.1 Å². The van der Waals surface area contributed by atoms with E-state index in [1.54, 1.807) is 12.1 Å². The van der Waals surface area contributed by atoms with E-state index >= 15 is 0 Å². The molecule has 1 aromatic carbocycles. The van der Waals surface area contributed by atoms with Crippen LogP contribution in [0.1, 0.15) is 44.3 Å². The van der Waals surface area contributed by atoms with Crippen molar-refractivity contribution in [3.63, 3.8) is 0 Å². The molecule has 5 heteroatoms. The minimum absolute atomic E-state index is 0.119. The minimum atomic E-state index is -0.493. The van der Waals surface area contributed by atoms with Gasteiger partial charge < -0.3 is 14.7 Å². The molecule has 4 nitrogen and oxygen atoms in total. The lowest BCUT2D eigenvalue weighted by atomic mass is 9.87. The highest BCUT2D eigenvalue weighted by molar-refractivity contribution is 6.30. The maximum atomic E-state index is 12.5. The molecule has 3 rings (SSSR count). The van der Waals surface area contributed by atoms with Crippen molar-refractivity contribution >= 4 is 17.5 Å². The van der Waals surface area contributed by atoms with Crippen molar-refractivity contribution < 1.29 is 14.6 Å². The number of benzene rings is 1. The Bertz CT molecular complexity index is 540. The average molecular weight is 338 g/mol. The Morgan fingerprint density at radius 3 is 2.43 bits per heavy atom. The third-order valence-electron chi connectivity index (χ3n) is 5.02. The second-order valence-corrected chi connectivity index (χ2v) is 7.11. The second-order valence-electron chi connectivity index (χ2n) is 6.67. The van der Waals surface area contributed by atoms with Crippen LogP contribution in [-0.2, 0) is 9.53 Å². The van der Waals surface area contributed by atoms with Gasteiger partial charge in [0, 0.05) is 18.1 Å². The lowest BCUT2D eigenvalue weighted by molar-refractivity contribution is -0.144. The van der Waals surface area contributed by atoms with Gasteiger partial charge in [0.1, 0.15) is 6.10 Å². The van der Waals surface area contributed by atoms with Crippen LogP contribution in [0.25, 0.3) is 0 Å².